The number of rotatable bonds is 9. The van der Waals surface area contributed by atoms with Crippen molar-refractivity contribution >= 4 is 11.8 Å². The van der Waals surface area contributed by atoms with Crippen molar-refractivity contribution in [2.75, 3.05) is 27.9 Å². The maximum atomic E-state index is 12.2. The second-order valence-electron chi connectivity index (χ2n) is 7.73. The van der Waals surface area contributed by atoms with Gasteiger partial charge in [0, 0.05) is 20.6 Å². The molecule has 30 heavy (non-hydrogen) atoms. The molecule has 0 radical (unpaired) electrons. The molecular formula is C22H27NO7. The fourth-order valence-electron chi connectivity index (χ4n) is 3.66. The highest BCUT2D eigenvalue weighted by molar-refractivity contribution is 6.00. The van der Waals surface area contributed by atoms with Crippen molar-refractivity contribution < 1.29 is 33.3 Å². The van der Waals surface area contributed by atoms with Crippen molar-refractivity contribution in [3.8, 4) is 17.6 Å². The van der Waals surface area contributed by atoms with Crippen molar-refractivity contribution in [1.29, 1.82) is 5.26 Å². The Kier molecular flexibility index (Phi) is 6.95. The molecule has 0 heterocycles. The van der Waals surface area contributed by atoms with Gasteiger partial charge >= 0.3 is 12.4 Å². The molecule has 0 aromatic heterocycles. The number of nitriles is 1. The van der Waals surface area contributed by atoms with E-state index in [0.717, 1.165) is 12.8 Å². The number of carbonyl (C=O) groups is 2. The molecule has 2 fully saturated rings. The predicted octanol–water partition coefficient (Wildman–Crippen LogP) is 2.73. The first kappa shape index (κ1) is 22.1. The van der Waals surface area contributed by atoms with Crippen LogP contribution in [0.5, 0.6) is 11.5 Å². The third-order valence-corrected chi connectivity index (χ3v) is 5.71. The average Bonchev–Trinajstić information content (AvgIpc) is 3.61. The zero-order chi connectivity index (χ0) is 21.7. The summed E-state index contributed by atoms with van der Waals surface area (Å²) >= 11 is 0. The minimum Gasteiger partial charge on any atom is -0.489 e. The Morgan fingerprint density at radius 3 is 2.57 bits per heavy atom. The van der Waals surface area contributed by atoms with Gasteiger partial charge in [0.2, 0.25) is 0 Å². The summed E-state index contributed by atoms with van der Waals surface area (Å²) in [6.07, 6.45) is 2.80. The van der Waals surface area contributed by atoms with E-state index in [4.69, 9.17) is 23.7 Å². The second-order valence-corrected chi connectivity index (χ2v) is 7.73. The van der Waals surface area contributed by atoms with Crippen LogP contribution in [-0.2, 0) is 29.2 Å². The molecule has 3 rings (SSSR count). The molecule has 162 valence electrons. The molecule has 0 aliphatic heterocycles. The molecule has 0 saturated heterocycles. The van der Waals surface area contributed by atoms with Crippen LogP contribution in [-0.4, -0.2) is 46.2 Å². The SMILES string of the molecule is COC(=O)C1CC(C#N)(c2ccc(OC(OC)OC)c(OCC3CC3)c2)CCC1=O. The number of esters is 1. The van der Waals surface area contributed by atoms with Gasteiger partial charge in [-0.05, 0) is 49.3 Å². The van der Waals surface area contributed by atoms with Crippen LogP contribution in [0.15, 0.2) is 18.2 Å². The predicted molar refractivity (Wildman–Crippen MR) is 105 cm³/mol. The molecule has 2 aliphatic rings. The molecule has 8 heteroatoms. The zero-order valence-electron chi connectivity index (χ0n) is 17.5. The number of Topliss-reactive ketones (excluding diaryl/α,β-unsaturated/α-hetero) is 1. The second kappa shape index (κ2) is 9.45. The summed E-state index contributed by atoms with van der Waals surface area (Å²) in [6.45, 7) is -0.354. The van der Waals surface area contributed by atoms with Crippen molar-refractivity contribution in [1.82, 2.24) is 0 Å². The van der Waals surface area contributed by atoms with Gasteiger partial charge in [0.1, 0.15) is 11.7 Å². The number of methoxy groups -OCH3 is 3. The topological polar surface area (TPSA) is 104 Å². The molecular weight excluding hydrogens is 390 g/mol. The molecule has 2 unspecified atom stereocenters. The number of hydrogen-bond acceptors (Lipinski definition) is 8. The molecule has 2 saturated carbocycles. The van der Waals surface area contributed by atoms with Crippen LogP contribution < -0.4 is 9.47 Å². The Morgan fingerprint density at radius 1 is 1.23 bits per heavy atom. The lowest BCUT2D eigenvalue weighted by molar-refractivity contribution is -0.219. The standard InChI is InChI=1S/C22H27NO7/c1-26-20(25)16-11-22(13-23,9-8-17(16)24)15-6-7-18(30-21(27-2)28-3)19(10-15)29-12-14-4-5-14/h6-7,10,14,16,21H,4-5,8-9,11-12H2,1-3H3. The Bertz CT molecular complexity index is 817. The van der Waals surface area contributed by atoms with Crippen LogP contribution in [0, 0.1) is 23.2 Å². The number of hydrogen-bond donors (Lipinski definition) is 0. The molecule has 0 spiro atoms. The minimum atomic E-state index is -0.995. The monoisotopic (exact) mass is 417 g/mol. The first-order chi connectivity index (χ1) is 14.5. The minimum absolute atomic E-state index is 0.0794. The summed E-state index contributed by atoms with van der Waals surface area (Å²) < 4.78 is 26.7. The highest BCUT2D eigenvalue weighted by atomic mass is 16.8. The van der Waals surface area contributed by atoms with E-state index in [0.29, 0.717) is 36.0 Å². The smallest absolute Gasteiger partial charge is 0.316 e. The molecule has 2 aliphatic carbocycles. The lowest BCUT2D eigenvalue weighted by atomic mass is 9.66. The van der Waals surface area contributed by atoms with E-state index in [1.165, 1.54) is 21.3 Å². The lowest BCUT2D eigenvalue weighted by Gasteiger charge is -2.34. The molecule has 2 atom stereocenters. The van der Waals surface area contributed by atoms with E-state index in [1.54, 1.807) is 18.2 Å². The van der Waals surface area contributed by atoms with Crippen LogP contribution in [0.3, 0.4) is 0 Å². The van der Waals surface area contributed by atoms with Gasteiger partial charge in [0.15, 0.2) is 11.5 Å². The van der Waals surface area contributed by atoms with Crippen molar-refractivity contribution in [3.63, 3.8) is 0 Å². The fraction of sp³-hybridized carbons (Fsp3) is 0.591. The molecule has 0 N–H and O–H groups in total. The summed E-state index contributed by atoms with van der Waals surface area (Å²) in [5.41, 5.74) is -0.318. The number of carbonyl (C=O) groups excluding carboxylic acids is 2. The Morgan fingerprint density at radius 2 is 1.97 bits per heavy atom. The van der Waals surface area contributed by atoms with E-state index in [9.17, 15) is 14.9 Å². The number of ketones is 1. The molecule has 0 bridgehead atoms. The third-order valence-electron chi connectivity index (χ3n) is 5.71. The Hall–Kier alpha value is -2.63. The van der Waals surface area contributed by atoms with Crippen LogP contribution in [0.1, 0.15) is 37.7 Å². The Balaban J connectivity index is 1.92. The normalized spacial score (nSPS) is 23.7. The van der Waals surface area contributed by atoms with Gasteiger partial charge in [-0.15, -0.1) is 0 Å². The van der Waals surface area contributed by atoms with Crippen LogP contribution in [0.4, 0.5) is 0 Å². The van der Waals surface area contributed by atoms with Gasteiger partial charge in [-0.2, -0.15) is 5.26 Å². The molecule has 1 aromatic carbocycles. The molecule has 0 amide bonds. The van der Waals surface area contributed by atoms with Crippen LogP contribution >= 0.6 is 0 Å². The van der Waals surface area contributed by atoms with Crippen LogP contribution in [0.25, 0.3) is 0 Å². The van der Waals surface area contributed by atoms with Gasteiger partial charge in [-0.3, -0.25) is 9.59 Å². The van der Waals surface area contributed by atoms with E-state index in [1.807, 2.05) is 0 Å². The summed E-state index contributed by atoms with van der Waals surface area (Å²) in [6, 6.07) is 7.56. The largest absolute Gasteiger partial charge is 0.489 e. The highest BCUT2D eigenvalue weighted by Gasteiger charge is 2.45. The number of ether oxygens (including phenoxy) is 5. The fourth-order valence-corrected chi connectivity index (χ4v) is 3.66. The van der Waals surface area contributed by atoms with Gasteiger partial charge in [0.05, 0.1) is 25.2 Å². The first-order valence-corrected chi connectivity index (χ1v) is 9.97. The first-order valence-electron chi connectivity index (χ1n) is 9.97. The summed E-state index contributed by atoms with van der Waals surface area (Å²) in [5.74, 6) is -0.324. The number of benzene rings is 1. The Labute approximate surface area is 176 Å². The highest BCUT2D eigenvalue weighted by Crippen LogP contribution is 2.44. The molecule has 8 nitrogen and oxygen atoms in total. The summed E-state index contributed by atoms with van der Waals surface area (Å²) in [5, 5.41) is 10.0. The quantitative estimate of drug-likeness (QED) is 0.343. The van der Waals surface area contributed by atoms with Gasteiger partial charge < -0.3 is 23.7 Å². The zero-order valence-corrected chi connectivity index (χ0v) is 17.5. The maximum Gasteiger partial charge on any atom is 0.316 e. The lowest BCUT2D eigenvalue weighted by Crippen LogP contribution is -2.40. The van der Waals surface area contributed by atoms with Gasteiger partial charge in [-0.25, -0.2) is 0 Å². The summed E-state index contributed by atoms with van der Waals surface area (Å²) in [4.78, 5) is 24.3. The van der Waals surface area contributed by atoms with Gasteiger partial charge in [0.25, 0.3) is 0 Å². The van der Waals surface area contributed by atoms with Gasteiger partial charge in [-0.1, -0.05) is 6.07 Å². The van der Waals surface area contributed by atoms with E-state index in [-0.39, 0.29) is 18.6 Å². The van der Waals surface area contributed by atoms with Crippen molar-refractivity contribution in [2.45, 2.75) is 44.0 Å². The van der Waals surface area contributed by atoms with E-state index < -0.39 is 23.8 Å². The number of nitrogens with zero attached hydrogens (tertiary/aromatic N) is 1. The molecule has 1 aromatic rings. The maximum absolute atomic E-state index is 12.2. The van der Waals surface area contributed by atoms with E-state index in [2.05, 4.69) is 6.07 Å². The third kappa shape index (κ3) is 4.74. The summed E-state index contributed by atoms with van der Waals surface area (Å²) in [7, 11) is 4.17. The average molecular weight is 417 g/mol. The van der Waals surface area contributed by atoms with Crippen molar-refractivity contribution in [3.05, 3.63) is 23.8 Å². The van der Waals surface area contributed by atoms with Crippen molar-refractivity contribution in [2.24, 2.45) is 11.8 Å². The van der Waals surface area contributed by atoms with E-state index >= 15 is 0 Å². The van der Waals surface area contributed by atoms with Crippen LogP contribution in [0.2, 0.25) is 0 Å².